The van der Waals surface area contributed by atoms with E-state index in [1.54, 1.807) is 0 Å². The molecule has 0 radical (unpaired) electrons. The van der Waals surface area contributed by atoms with Crippen LogP contribution in [0.2, 0.25) is 0 Å². The molecule has 1 N–H and O–H groups in total. The number of rotatable bonds is 1. The van der Waals surface area contributed by atoms with Crippen LogP contribution < -0.4 is 5.32 Å². The molecular formula is C13H14BrNO. The van der Waals surface area contributed by atoms with Gasteiger partial charge in [-0.05, 0) is 47.4 Å². The van der Waals surface area contributed by atoms with Crippen LogP contribution in [0.3, 0.4) is 0 Å². The second-order valence-corrected chi connectivity index (χ2v) is 5.07. The van der Waals surface area contributed by atoms with Gasteiger partial charge in [0.25, 0.3) is 0 Å². The smallest absolute Gasteiger partial charge is 0.136 e. The second-order valence-electron chi connectivity index (χ2n) is 4.28. The number of hydrogen-bond acceptors (Lipinski definition) is 2. The third kappa shape index (κ3) is 1.68. The fourth-order valence-corrected chi connectivity index (χ4v) is 3.02. The molecule has 16 heavy (non-hydrogen) atoms. The number of nitrogens with one attached hydrogen (secondary N) is 1. The molecule has 3 rings (SSSR count). The molecule has 1 aromatic carbocycles. The number of fused-ring (bicyclic) bond motifs is 1. The molecule has 1 aliphatic rings. The average Bonchev–Trinajstić information content (AvgIpc) is 2.69. The van der Waals surface area contributed by atoms with Gasteiger partial charge in [-0.25, -0.2) is 0 Å². The number of benzene rings is 1. The molecule has 1 unspecified atom stereocenters. The van der Waals surface area contributed by atoms with Gasteiger partial charge in [-0.1, -0.05) is 18.6 Å². The maximum absolute atomic E-state index is 5.93. The van der Waals surface area contributed by atoms with E-state index in [9.17, 15) is 0 Å². The third-order valence-corrected chi connectivity index (χ3v) is 4.00. The largest absolute Gasteiger partial charge is 0.458 e. The maximum atomic E-state index is 5.93. The molecular weight excluding hydrogens is 266 g/mol. The Morgan fingerprint density at radius 2 is 2.12 bits per heavy atom. The van der Waals surface area contributed by atoms with E-state index in [4.69, 9.17) is 4.42 Å². The van der Waals surface area contributed by atoms with Gasteiger partial charge in [0.2, 0.25) is 0 Å². The van der Waals surface area contributed by atoms with Gasteiger partial charge in [0.15, 0.2) is 0 Å². The van der Waals surface area contributed by atoms with Crippen LogP contribution in [0.15, 0.2) is 33.2 Å². The number of piperidine rings is 1. The molecule has 1 atom stereocenters. The van der Waals surface area contributed by atoms with Crippen LogP contribution >= 0.6 is 15.9 Å². The standard InChI is InChI=1S/C13H14BrNO/c14-12-9-5-1-2-7-11(9)16-13(12)10-6-3-4-8-15-10/h1-2,5,7,10,15H,3-4,6,8H2. The number of halogens is 1. The highest BCUT2D eigenvalue weighted by Gasteiger charge is 2.22. The Balaban J connectivity index is 2.05. The van der Waals surface area contributed by atoms with Crippen molar-refractivity contribution >= 4 is 26.9 Å². The van der Waals surface area contributed by atoms with Crippen LogP contribution in [0.4, 0.5) is 0 Å². The van der Waals surface area contributed by atoms with Crippen molar-refractivity contribution in [3.05, 3.63) is 34.5 Å². The maximum Gasteiger partial charge on any atom is 0.136 e. The lowest BCUT2D eigenvalue weighted by atomic mass is 10.0. The van der Waals surface area contributed by atoms with Crippen LogP contribution in [0.1, 0.15) is 31.1 Å². The fraction of sp³-hybridized carbons (Fsp3) is 0.385. The van der Waals surface area contributed by atoms with Crippen molar-refractivity contribution in [3.8, 4) is 0 Å². The molecule has 1 saturated heterocycles. The third-order valence-electron chi connectivity index (χ3n) is 3.19. The Hall–Kier alpha value is -0.800. The van der Waals surface area contributed by atoms with Gasteiger partial charge in [0.05, 0.1) is 10.5 Å². The molecule has 0 spiro atoms. The Kier molecular flexibility index (Phi) is 2.74. The van der Waals surface area contributed by atoms with Crippen molar-refractivity contribution in [2.75, 3.05) is 6.54 Å². The summed E-state index contributed by atoms with van der Waals surface area (Å²) in [7, 11) is 0. The van der Waals surface area contributed by atoms with Gasteiger partial charge in [0.1, 0.15) is 11.3 Å². The van der Waals surface area contributed by atoms with Crippen molar-refractivity contribution < 1.29 is 4.42 Å². The molecule has 84 valence electrons. The van der Waals surface area contributed by atoms with Crippen LogP contribution in [0.25, 0.3) is 11.0 Å². The van der Waals surface area contributed by atoms with Gasteiger partial charge in [-0.2, -0.15) is 0 Å². The van der Waals surface area contributed by atoms with Crippen molar-refractivity contribution in [2.24, 2.45) is 0 Å². The number of furan rings is 1. The highest BCUT2D eigenvalue weighted by Crippen LogP contribution is 2.36. The quantitative estimate of drug-likeness (QED) is 0.853. The number of hydrogen-bond donors (Lipinski definition) is 1. The van der Waals surface area contributed by atoms with Gasteiger partial charge < -0.3 is 9.73 Å². The zero-order valence-corrected chi connectivity index (χ0v) is 10.6. The van der Waals surface area contributed by atoms with Crippen molar-refractivity contribution in [2.45, 2.75) is 25.3 Å². The highest BCUT2D eigenvalue weighted by atomic mass is 79.9. The topological polar surface area (TPSA) is 25.2 Å². The molecule has 0 amide bonds. The highest BCUT2D eigenvalue weighted by molar-refractivity contribution is 9.10. The van der Waals surface area contributed by atoms with Gasteiger partial charge >= 0.3 is 0 Å². The van der Waals surface area contributed by atoms with E-state index in [0.29, 0.717) is 6.04 Å². The molecule has 3 heteroatoms. The minimum absolute atomic E-state index is 0.371. The molecule has 0 saturated carbocycles. The summed E-state index contributed by atoms with van der Waals surface area (Å²) in [5, 5.41) is 4.68. The molecule has 0 aliphatic carbocycles. The van der Waals surface area contributed by atoms with Gasteiger partial charge in [-0.3, -0.25) is 0 Å². The number of para-hydroxylation sites is 1. The first-order valence-corrected chi connectivity index (χ1v) is 6.56. The Labute approximate surface area is 103 Å². The summed E-state index contributed by atoms with van der Waals surface area (Å²) >= 11 is 3.65. The van der Waals surface area contributed by atoms with Crippen molar-refractivity contribution in [1.29, 1.82) is 0 Å². The monoisotopic (exact) mass is 279 g/mol. The summed E-state index contributed by atoms with van der Waals surface area (Å²) < 4.78 is 7.04. The SMILES string of the molecule is Brc1c(C2CCCCN2)oc2ccccc12. The zero-order chi connectivity index (χ0) is 11.0. The Morgan fingerprint density at radius 1 is 1.25 bits per heavy atom. The Morgan fingerprint density at radius 3 is 2.88 bits per heavy atom. The molecule has 1 fully saturated rings. The minimum atomic E-state index is 0.371. The Bertz CT molecular complexity index is 500. The molecule has 2 aromatic rings. The van der Waals surface area contributed by atoms with Gasteiger partial charge in [0, 0.05) is 5.39 Å². The average molecular weight is 280 g/mol. The van der Waals surface area contributed by atoms with Crippen LogP contribution in [0, 0.1) is 0 Å². The van der Waals surface area contributed by atoms with E-state index in [1.165, 1.54) is 24.6 Å². The fourth-order valence-electron chi connectivity index (χ4n) is 2.33. The van der Waals surface area contributed by atoms with E-state index in [-0.39, 0.29) is 0 Å². The van der Waals surface area contributed by atoms with Crippen LogP contribution in [-0.2, 0) is 0 Å². The summed E-state index contributed by atoms with van der Waals surface area (Å²) in [4.78, 5) is 0. The first-order chi connectivity index (χ1) is 7.86. The predicted octanol–water partition coefficient (Wildman–Crippen LogP) is 4.01. The van der Waals surface area contributed by atoms with Crippen LogP contribution in [-0.4, -0.2) is 6.54 Å². The minimum Gasteiger partial charge on any atom is -0.458 e. The van der Waals surface area contributed by atoms with E-state index in [1.807, 2.05) is 18.2 Å². The molecule has 2 nitrogen and oxygen atoms in total. The zero-order valence-electron chi connectivity index (χ0n) is 9.00. The summed E-state index contributed by atoms with van der Waals surface area (Å²) in [6.45, 7) is 1.09. The van der Waals surface area contributed by atoms with E-state index >= 15 is 0 Å². The lowest BCUT2D eigenvalue weighted by molar-refractivity contribution is 0.356. The first kappa shape index (κ1) is 10.4. The first-order valence-electron chi connectivity index (χ1n) is 5.76. The molecule has 1 aromatic heterocycles. The van der Waals surface area contributed by atoms with Crippen molar-refractivity contribution in [1.82, 2.24) is 5.32 Å². The normalized spacial score (nSPS) is 21.4. The van der Waals surface area contributed by atoms with Crippen LogP contribution in [0.5, 0.6) is 0 Å². The summed E-state index contributed by atoms with van der Waals surface area (Å²) in [5.41, 5.74) is 0.969. The molecule has 2 heterocycles. The molecule has 1 aliphatic heterocycles. The van der Waals surface area contributed by atoms with E-state index in [2.05, 4.69) is 27.3 Å². The summed E-state index contributed by atoms with van der Waals surface area (Å²) in [5.74, 6) is 1.06. The molecule has 0 bridgehead atoms. The predicted molar refractivity (Wildman–Crippen MR) is 68.5 cm³/mol. The summed E-state index contributed by atoms with van der Waals surface area (Å²) in [6, 6.07) is 8.54. The lowest BCUT2D eigenvalue weighted by Gasteiger charge is -2.21. The lowest BCUT2D eigenvalue weighted by Crippen LogP contribution is -2.26. The van der Waals surface area contributed by atoms with Gasteiger partial charge in [-0.15, -0.1) is 0 Å². The van der Waals surface area contributed by atoms with Crippen molar-refractivity contribution in [3.63, 3.8) is 0 Å². The second kappa shape index (κ2) is 4.22. The van der Waals surface area contributed by atoms with E-state index < -0.39 is 0 Å². The van der Waals surface area contributed by atoms with E-state index in [0.717, 1.165) is 22.4 Å². The summed E-state index contributed by atoms with van der Waals surface area (Å²) in [6.07, 6.45) is 3.72.